The van der Waals surface area contributed by atoms with Crippen LogP contribution in [0.5, 0.6) is 11.5 Å². The van der Waals surface area contributed by atoms with Gasteiger partial charge in [0.1, 0.15) is 30.8 Å². The second-order valence-electron chi connectivity index (χ2n) is 6.78. The van der Waals surface area contributed by atoms with Crippen molar-refractivity contribution in [1.29, 1.82) is 0 Å². The molecule has 8 heteroatoms. The minimum absolute atomic E-state index is 0.133. The number of nitrogens with one attached hydrogen (secondary N) is 1. The average Bonchev–Trinajstić information content (AvgIpc) is 3.55. The van der Waals surface area contributed by atoms with Gasteiger partial charge in [-0.25, -0.2) is 9.59 Å². The first-order valence-electron chi connectivity index (χ1n) is 9.65. The molecule has 2 aromatic rings. The lowest BCUT2D eigenvalue weighted by atomic mass is 10.1. The lowest BCUT2D eigenvalue weighted by Gasteiger charge is -2.09. The molecular weight excluding hydrogens is 390 g/mol. The summed E-state index contributed by atoms with van der Waals surface area (Å²) in [5.74, 6) is 0.763. The molecule has 1 atom stereocenters. The monoisotopic (exact) mass is 415 g/mol. The predicted molar refractivity (Wildman–Crippen MR) is 110 cm³/mol. The van der Waals surface area contributed by atoms with E-state index < -0.39 is 12.1 Å². The van der Waals surface area contributed by atoms with Gasteiger partial charge < -0.3 is 29.0 Å². The molecule has 1 aliphatic rings. The van der Waals surface area contributed by atoms with Crippen molar-refractivity contribution < 1.29 is 33.3 Å². The maximum Gasteiger partial charge on any atom is 0.412 e. The normalized spacial score (nSPS) is 14.8. The number of hydrogen-bond acceptors (Lipinski definition) is 7. The first-order chi connectivity index (χ1) is 14.5. The van der Waals surface area contributed by atoms with Crippen molar-refractivity contribution in [1.82, 2.24) is 5.32 Å². The van der Waals surface area contributed by atoms with E-state index in [0.29, 0.717) is 17.9 Å². The lowest BCUT2D eigenvalue weighted by Crippen LogP contribution is -2.30. The van der Waals surface area contributed by atoms with Crippen LogP contribution in [0.15, 0.2) is 48.6 Å². The zero-order valence-corrected chi connectivity index (χ0v) is 16.8. The summed E-state index contributed by atoms with van der Waals surface area (Å²) in [4.78, 5) is 23.1. The minimum atomic E-state index is -0.573. The molecule has 1 saturated heterocycles. The second kappa shape index (κ2) is 10.6. The highest BCUT2D eigenvalue weighted by Crippen LogP contribution is 2.25. The summed E-state index contributed by atoms with van der Waals surface area (Å²) >= 11 is 0. The van der Waals surface area contributed by atoms with Gasteiger partial charge in [0.25, 0.3) is 0 Å². The molecule has 2 aromatic carbocycles. The van der Waals surface area contributed by atoms with Crippen LogP contribution < -0.4 is 14.8 Å². The van der Waals surface area contributed by atoms with E-state index in [4.69, 9.17) is 23.7 Å². The summed E-state index contributed by atoms with van der Waals surface area (Å²) in [6.45, 7) is 7.28. The molecule has 0 bridgehead atoms. The molecule has 30 heavy (non-hydrogen) atoms. The van der Waals surface area contributed by atoms with Crippen molar-refractivity contribution >= 4 is 22.8 Å². The molecule has 0 aromatic heterocycles. The topological polar surface area (TPSA) is 95.6 Å². The number of fused-ring (bicyclic) bond motifs is 1. The molecule has 1 heterocycles. The highest BCUT2D eigenvalue weighted by molar-refractivity contribution is 5.87. The summed E-state index contributed by atoms with van der Waals surface area (Å²) in [6.07, 6.45) is -0.365. The molecule has 160 valence electrons. The summed E-state index contributed by atoms with van der Waals surface area (Å²) < 4.78 is 26.3. The number of hydrogen-bond donors (Lipinski definition) is 1. The van der Waals surface area contributed by atoms with Crippen molar-refractivity contribution in [3.05, 3.63) is 48.6 Å². The van der Waals surface area contributed by atoms with E-state index >= 15 is 0 Å². The standard InChI is InChI=1S/C22H25NO7/c1-15(2)21(24)27-10-9-26-8-7-23-22(25)30-19-6-4-16-11-18(5-3-17(16)12-19)28-13-20-14-29-20/h3-6,11-12,20H,1,7-10,13-14H2,2H3,(H,23,25). The molecule has 0 radical (unpaired) electrons. The van der Waals surface area contributed by atoms with Crippen molar-refractivity contribution in [2.45, 2.75) is 13.0 Å². The summed E-state index contributed by atoms with van der Waals surface area (Å²) in [5.41, 5.74) is 0.338. The third-order valence-electron chi connectivity index (χ3n) is 4.16. The van der Waals surface area contributed by atoms with E-state index in [2.05, 4.69) is 11.9 Å². The summed E-state index contributed by atoms with van der Waals surface area (Å²) in [7, 11) is 0. The maximum atomic E-state index is 11.9. The van der Waals surface area contributed by atoms with Gasteiger partial charge in [-0.2, -0.15) is 0 Å². The highest BCUT2D eigenvalue weighted by atomic mass is 16.6. The zero-order valence-electron chi connectivity index (χ0n) is 16.8. The van der Waals surface area contributed by atoms with Crippen molar-refractivity contribution in [3.63, 3.8) is 0 Å². The Labute approximate surface area is 174 Å². The van der Waals surface area contributed by atoms with E-state index in [9.17, 15) is 9.59 Å². The SMILES string of the molecule is C=C(C)C(=O)OCCOCCNC(=O)Oc1ccc2cc(OCC3CO3)ccc2c1. The van der Waals surface area contributed by atoms with E-state index in [1.54, 1.807) is 19.1 Å². The Bertz CT molecular complexity index is 907. The number of carbonyl (C=O) groups is 2. The summed E-state index contributed by atoms with van der Waals surface area (Å²) in [5, 5.41) is 4.52. The smallest absolute Gasteiger partial charge is 0.412 e. The van der Waals surface area contributed by atoms with Crippen LogP contribution in [0, 0.1) is 0 Å². The number of benzene rings is 2. The fourth-order valence-electron chi connectivity index (χ4n) is 2.50. The van der Waals surface area contributed by atoms with Gasteiger partial charge in [0.05, 0.1) is 19.8 Å². The number of rotatable bonds is 11. The van der Waals surface area contributed by atoms with Gasteiger partial charge in [0.2, 0.25) is 0 Å². The van der Waals surface area contributed by atoms with Crippen molar-refractivity contribution in [3.8, 4) is 11.5 Å². The number of amides is 1. The van der Waals surface area contributed by atoms with Gasteiger partial charge in [0, 0.05) is 12.1 Å². The zero-order chi connectivity index (χ0) is 21.3. The van der Waals surface area contributed by atoms with Crippen molar-refractivity contribution in [2.75, 3.05) is 39.6 Å². The minimum Gasteiger partial charge on any atom is -0.491 e. The third kappa shape index (κ3) is 7.06. The van der Waals surface area contributed by atoms with Gasteiger partial charge in [-0.1, -0.05) is 18.7 Å². The van der Waals surface area contributed by atoms with Crippen LogP contribution in [0.1, 0.15) is 6.92 Å². The van der Waals surface area contributed by atoms with Crippen molar-refractivity contribution in [2.24, 2.45) is 0 Å². The first-order valence-corrected chi connectivity index (χ1v) is 9.65. The summed E-state index contributed by atoms with van der Waals surface area (Å²) in [6, 6.07) is 11.1. The van der Waals surface area contributed by atoms with Crippen LogP contribution in [0.25, 0.3) is 10.8 Å². The Kier molecular flexibility index (Phi) is 7.64. The molecule has 8 nitrogen and oxygen atoms in total. The molecule has 0 spiro atoms. The number of carbonyl (C=O) groups excluding carboxylic acids is 2. The molecular formula is C22H25NO7. The fraction of sp³-hybridized carbons (Fsp3) is 0.364. The maximum absolute atomic E-state index is 11.9. The van der Waals surface area contributed by atoms with Crippen LogP contribution in [0.3, 0.4) is 0 Å². The Morgan fingerprint density at radius 1 is 1.10 bits per heavy atom. The Balaban J connectivity index is 1.35. The van der Waals surface area contributed by atoms with E-state index in [0.717, 1.165) is 23.1 Å². The molecule has 3 rings (SSSR count). The molecule has 1 fully saturated rings. The first kappa shape index (κ1) is 21.6. The molecule has 0 aliphatic carbocycles. The van der Waals surface area contributed by atoms with Crippen LogP contribution in [0.4, 0.5) is 4.79 Å². The predicted octanol–water partition coefficient (Wildman–Crippen LogP) is 2.84. The molecule has 1 amide bonds. The lowest BCUT2D eigenvalue weighted by molar-refractivity contribution is -0.140. The highest BCUT2D eigenvalue weighted by Gasteiger charge is 2.23. The Hall–Kier alpha value is -3.10. The van der Waals surface area contributed by atoms with Crippen LogP contribution in [0.2, 0.25) is 0 Å². The molecule has 0 saturated carbocycles. The quantitative estimate of drug-likeness (QED) is 0.261. The molecule has 1 unspecified atom stereocenters. The van der Waals surface area contributed by atoms with E-state index in [1.165, 1.54) is 0 Å². The third-order valence-corrected chi connectivity index (χ3v) is 4.16. The van der Waals surface area contributed by atoms with Crippen LogP contribution in [-0.2, 0) is 19.0 Å². The average molecular weight is 415 g/mol. The number of ether oxygens (including phenoxy) is 5. The van der Waals surface area contributed by atoms with Crippen LogP contribution >= 0.6 is 0 Å². The Morgan fingerprint density at radius 2 is 1.80 bits per heavy atom. The molecule has 1 aliphatic heterocycles. The van der Waals surface area contributed by atoms with Gasteiger partial charge in [-0.05, 0) is 42.0 Å². The van der Waals surface area contributed by atoms with Gasteiger partial charge in [-0.3, -0.25) is 0 Å². The fourth-order valence-corrected chi connectivity index (χ4v) is 2.50. The van der Waals surface area contributed by atoms with E-state index in [1.807, 2.05) is 24.3 Å². The largest absolute Gasteiger partial charge is 0.491 e. The second-order valence-corrected chi connectivity index (χ2v) is 6.78. The van der Waals surface area contributed by atoms with E-state index in [-0.39, 0.29) is 32.5 Å². The van der Waals surface area contributed by atoms with Gasteiger partial charge in [-0.15, -0.1) is 0 Å². The molecule has 1 N–H and O–H groups in total. The number of esters is 1. The van der Waals surface area contributed by atoms with Gasteiger partial charge >= 0.3 is 12.1 Å². The Morgan fingerprint density at radius 3 is 2.50 bits per heavy atom. The van der Waals surface area contributed by atoms with Crippen LogP contribution in [-0.4, -0.2) is 57.7 Å². The number of epoxide rings is 1. The van der Waals surface area contributed by atoms with Gasteiger partial charge in [0.15, 0.2) is 0 Å².